The van der Waals surface area contributed by atoms with Gasteiger partial charge in [0.15, 0.2) is 11.6 Å². The van der Waals surface area contributed by atoms with E-state index in [0.29, 0.717) is 26.4 Å². The molecule has 0 saturated carbocycles. The average Bonchev–Trinajstić information content (AvgIpc) is 2.98. The van der Waals surface area contributed by atoms with Crippen LogP contribution in [0.2, 0.25) is 0 Å². The molecule has 2 aliphatic heterocycles. The van der Waals surface area contributed by atoms with Gasteiger partial charge in [-0.3, -0.25) is 0 Å². The van der Waals surface area contributed by atoms with E-state index in [-0.39, 0.29) is 0 Å². The van der Waals surface area contributed by atoms with E-state index in [2.05, 4.69) is 6.58 Å². The van der Waals surface area contributed by atoms with Crippen molar-refractivity contribution < 1.29 is 18.9 Å². The lowest BCUT2D eigenvalue weighted by atomic mass is 10.00. The van der Waals surface area contributed by atoms with Gasteiger partial charge in [0.25, 0.3) is 0 Å². The summed E-state index contributed by atoms with van der Waals surface area (Å²) in [5.41, 5.74) is 0. The van der Waals surface area contributed by atoms with Crippen molar-refractivity contribution in [3.05, 3.63) is 12.7 Å². The lowest BCUT2D eigenvalue weighted by Gasteiger charge is -2.31. The van der Waals surface area contributed by atoms with Crippen LogP contribution < -0.4 is 0 Å². The van der Waals surface area contributed by atoms with E-state index < -0.39 is 11.6 Å². The first-order valence-electron chi connectivity index (χ1n) is 6.85. The average molecular weight is 256 g/mol. The molecular weight excluding hydrogens is 232 g/mol. The molecule has 0 amide bonds. The molecule has 0 aliphatic carbocycles. The zero-order chi connectivity index (χ0) is 12.9. The number of unbranched alkanes of at least 4 members (excludes halogenated alkanes) is 1. The van der Waals surface area contributed by atoms with Gasteiger partial charge in [0.1, 0.15) is 0 Å². The third-order valence-corrected chi connectivity index (χ3v) is 3.64. The van der Waals surface area contributed by atoms with Crippen molar-refractivity contribution in [3.63, 3.8) is 0 Å². The number of allylic oxidation sites excluding steroid dienone is 1. The molecule has 0 aromatic heterocycles. The van der Waals surface area contributed by atoms with Gasteiger partial charge in [0, 0.05) is 19.3 Å². The van der Waals surface area contributed by atoms with Crippen LogP contribution >= 0.6 is 0 Å². The van der Waals surface area contributed by atoms with E-state index >= 15 is 0 Å². The zero-order valence-corrected chi connectivity index (χ0v) is 11.3. The van der Waals surface area contributed by atoms with E-state index in [4.69, 9.17) is 18.9 Å². The van der Waals surface area contributed by atoms with E-state index in [9.17, 15) is 0 Å². The van der Waals surface area contributed by atoms with Crippen molar-refractivity contribution in [2.45, 2.75) is 50.6 Å². The van der Waals surface area contributed by atoms with Gasteiger partial charge in [-0.05, 0) is 19.8 Å². The van der Waals surface area contributed by atoms with Gasteiger partial charge in [-0.25, -0.2) is 0 Å². The Kier molecular flexibility index (Phi) is 4.78. The third kappa shape index (κ3) is 3.54. The lowest BCUT2D eigenvalue weighted by Crippen LogP contribution is -2.35. The Morgan fingerprint density at radius 2 is 1.56 bits per heavy atom. The minimum atomic E-state index is -0.458. The van der Waals surface area contributed by atoms with Crippen molar-refractivity contribution in [2.24, 2.45) is 0 Å². The Morgan fingerprint density at radius 1 is 0.944 bits per heavy atom. The maximum atomic E-state index is 5.82. The second-order valence-electron chi connectivity index (χ2n) is 5.12. The van der Waals surface area contributed by atoms with Crippen LogP contribution in [-0.4, -0.2) is 38.0 Å². The molecule has 2 fully saturated rings. The highest BCUT2D eigenvalue weighted by Crippen LogP contribution is 2.35. The maximum absolute atomic E-state index is 5.82. The number of hydrogen-bond acceptors (Lipinski definition) is 4. The van der Waals surface area contributed by atoms with Gasteiger partial charge in [0.05, 0.1) is 26.4 Å². The van der Waals surface area contributed by atoms with E-state index in [1.807, 2.05) is 13.0 Å². The van der Waals surface area contributed by atoms with Gasteiger partial charge in [-0.15, -0.1) is 6.58 Å². The number of ether oxygens (including phenoxy) is 4. The molecule has 104 valence electrons. The van der Waals surface area contributed by atoms with Crippen LogP contribution in [-0.2, 0) is 18.9 Å². The van der Waals surface area contributed by atoms with E-state index in [1.54, 1.807) is 0 Å². The van der Waals surface area contributed by atoms with Crippen LogP contribution in [0.4, 0.5) is 0 Å². The molecule has 2 heterocycles. The second kappa shape index (κ2) is 6.15. The Balaban J connectivity index is 1.83. The second-order valence-corrected chi connectivity index (χ2v) is 5.12. The summed E-state index contributed by atoms with van der Waals surface area (Å²) >= 11 is 0. The topological polar surface area (TPSA) is 36.9 Å². The number of hydrogen-bond donors (Lipinski definition) is 0. The first-order chi connectivity index (χ1) is 8.68. The van der Waals surface area contributed by atoms with Crippen LogP contribution in [0, 0.1) is 0 Å². The molecule has 0 atom stereocenters. The van der Waals surface area contributed by atoms with Crippen LogP contribution in [0.5, 0.6) is 0 Å². The van der Waals surface area contributed by atoms with Crippen LogP contribution in [0.15, 0.2) is 12.7 Å². The fraction of sp³-hybridized carbons (Fsp3) is 0.857. The molecule has 0 unspecified atom stereocenters. The summed E-state index contributed by atoms with van der Waals surface area (Å²) in [6.45, 7) is 8.48. The molecule has 0 aromatic rings. The predicted molar refractivity (Wildman–Crippen MR) is 68.2 cm³/mol. The lowest BCUT2D eigenvalue weighted by molar-refractivity contribution is -0.200. The van der Waals surface area contributed by atoms with Gasteiger partial charge in [0.2, 0.25) is 0 Å². The van der Waals surface area contributed by atoms with Crippen LogP contribution in [0.25, 0.3) is 0 Å². The summed E-state index contributed by atoms with van der Waals surface area (Å²) in [5.74, 6) is -0.887. The summed E-state index contributed by atoms with van der Waals surface area (Å²) in [4.78, 5) is 0. The zero-order valence-electron chi connectivity index (χ0n) is 11.3. The van der Waals surface area contributed by atoms with Crippen molar-refractivity contribution in [2.75, 3.05) is 26.4 Å². The third-order valence-electron chi connectivity index (χ3n) is 3.64. The predicted octanol–water partition coefficient (Wildman–Crippen LogP) is 2.63. The van der Waals surface area contributed by atoms with Crippen molar-refractivity contribution in [3.8, 4) is 0 Å². The Morgan fingerprint density at radius 3 is 2.17 bits per heavy atom. The molecule has 18 heavy (non-hydrogen) atoms. The molecule has 4 heteroatoms. The summed E-state index contributed by atoms with van der Waals surface area (Å²) in [7, 11) is 0. The molecule has 0 N–H and O–H groups in total. The van der Waals surface area contributed by atoms with Gasteiger partial charge < -0.3 is 18.9 Å². The smallest absolute Gasteiger partial charge is 0.168 e. The minimum Gasteiger partial charge on any atom is -0.348 e. The summed E-state index contributed by atoms with van der Waals surface area (Å²) in [5, 5.41) is 0. The van der Waals surface area contributed by atoms with Crippen LogP contribution in [0.3, 0.4) is 0 Å². The monoisotopic (exact) mass is 256 g/mol. The van der Waals surface area contributed by atoms with Crippen molar-refractivity contribution >= 4 is 0 Å². The highest BCUT2D eigenvalue weighted by atomic mass is 16.7. The van der Waals surface area contributed by atoms with E-state index in [1.165, 1.54) is 0 Å². The fourth-order valence-corrected chi connectivity index (χ4v) is 2.55. The van der Waals surface area contributed by atoms with Gasteiger partial charge >= 0.3 is 0 Å². The molecule has 2 aliphatic rings. The SMILES string of the molecule is C=CCCCC1(CCC2(C)OCCO2)OCCO1. The Bertz CT molecular complexity index is 265. The minimum absolute atomic E-state index is 0.429. The summed E-state index contributed by atoms with van der Waals surface area (Å²) in [6.07, 6.45) is 6.52. The highest BCUT2D eigenvalue weighted by Gasteiger charge is 2.40. The molecule has 4 nitrogen and oxygen atoms in total. The summed E-state index contributed by atoms with van der Waals surface area (Å²) in [6, 6.07) is 0. The van der Waals surface area contributed by atoms with Crippen molar-refractivity contribution in [1.29, 1.82) is 0 Å². The van der Waals surface area contributed by atoms with Crippen molar-refractivity contribution in [1.82, 2.24) is 0 Å². The summed E-state index contributed by atoms with van der Waals surface area (Å²) < 4.78 is 22.9. The quantitative estimate of drug-likeness (QED) is 0.518. The normalized spacial score (nSPS) is 25.4. The molecule has 0 radical (unpaired) electrons. The highest BCUT2D eigenvalue weighted by molar-refractivity contribution is 4.80. The Labute approximate surface area is 109 Å². The molecule has 2 rings (SSSR count). The van der Waals surface area contributed by atoms with E-state index in [0.717, 1.165) is 32.1 Å². The maximum Gasteiger partial charge on any atom is 0.168 e. The largest absolute Gasteiger partial charge is 0.348 e. The molecular formula is C14H24O4. The molecule has 2 saturated heterocycles. The molecule has 0 aromatic carbocycles. The first kappa shape index (κ1) is 14.0. The fourth-order valence-electron chi connectivity index (χ4n) is 2.55. The molecule has 0 spiro atoms. The molecule has 0 bridgehead atoms. The van der Waals surface area contributed by atoms with Gasteiger partial charge in [-0.1, -0.05) is 6.08 Å². The first-order valence-corrected chi connectivity index (χ1v) is 6.85. The standard InChI is InChI=1S/C14H24O4/c1-3-4-5-6-14(17-11-12-18-14)8-7-13(2)15-9-10-16-13/h3H,1,4-12H2,2H3. The number of rotatable bonds is 7. The van der Waals surface area contributed by atoms with Crippen LogP contribution in [0.1, 0.15) is 39.0 Å². The van der Waals surface area contributed by atoms with Gasteiger partial charge in [-0.2, -0.15) is 0 Å². The Hall–Kier alpha value is -0.420.